The summed E-state index contributed by atoms with van der Waals surface area (Å²) >= 11 is 0. The third kappa shape index (κ3) is 3.47. The van der Waals surface area contributed by atoms with Crippen LogP contribution < -0.4 is 10.5 Å². The fraction of sp³-hybridized carbons (Fsp3) is 0.600. The molecule has 2 unspecified atom stereocenters. The molecule has 1 aromatic rings. The Kier molecular flexibility index (Phi) is 4.61. The van der Waals surface area contributed by atoms with Crippen molar-refractivity contribution in [3.05, 3.63) is 29.8 Å². The number of nitrogens with zero attached hydrogens (tertiary/aromatic N) is 1. The molecule has 3 nitrogen and oxygen atoms in total. The highest BCUT2D eigenvalue weighted by Gasteiger charge is 2.22. The van der Waals surface area contributed by atoms with Gasteiger partial charge in [0.2, 0.25) is 0 Å². The Labute approximate surface area is 110 Å². The summed E-state index contributed by atoms with van der Waals surface area (Å²) in [7, 11) is 3.90. The van der Waals surface area contributed by atoms with Gasteiger partial charge in [-0.3, -0.25) is 4.90 Å². The van der Waals surface area contributed by atoms with Crippen molar-refractivity contribution < 1.29 is 4.74 Å². The lowest BCUT2D eigenvalue weighted by Gasteiger charge is -2.34. The summed E-state index contributed by atoms with van der Waals surface area (Å²) < 4.78 is 5.17. The molecule has 2 N–H and O–H groups in total. The van der Waals surface area contributed by atoms with Crippen LogP contribution >= 0.6 is 0 Å². The van der Waals surface area contributed by atoms with Crippen molar-refractivity contribution in [1.29, 1.82) is 0 Å². The van der Waals surface area contributed by atoms with Gasteiger partial charge in [-0.15, -0.1) is 0 Å². The largest absolute Gasteiger partial charge is 0.497 e. The highest BCUT2D eigenvalue weighted by Crippen LogP contribution is 2.22. The van der Waals surface area contributed by atoms with Crippen molar-refractivity contribution in [2.45, 2.75) is 44.3 Å². The highest BCUT2D eigenvalue weighted by atomic mass is 16.5. The van der Waals surface area contributed by atoms with Crippen LogP contribution in [-0.2, 0) is 6.54 Å². The summed E-state index contributed by atoms with van der Waals surface area (Å²) in [5.74, 6) is 0.918. The van der Waals surface area contributed by atoms with Crippen LogP contribution in [0.3, 0.4) is 0 Å². The molecule has 0 aromatic heterocycles. The standard InChI is InChI=1S/C15H24N2O/c1-17(14-5-3-4-13(16)10-14)11-12-6-8-15(18-2)9-7-12/h6-9,13-14H,3-5,10-11,16H2,1-2H3. The third-order valence-corrected chi connectivity index (χ3v) is 3.90. The van der Waals surface area contributed by atoms with Crippen molar-refractivity contribution in [3.8, 4) is 5.75 Å². The second kappa shape index (κ2) is 6.21. The summed E-state index contributed by atoms with van der Waals surface area (Å²) in [6.07, 6.45) is 4.86. The van der Waals surface area contributed by atoms with E-state index >= 15 is 0 Å². The number of methoxy groups -OCH3 is 1. The molecule has 0 amide bonds. The maximum absolute atomic E-state index is 6.05. The smallest absolute Gasteiger partial charge is 0.118 e. The molecule has 1 aliphatic carbocycles. The van der Waals surface area contributed by atoms with E-state index in [4.69, 9.17) is 10.5 Å². The van der Waals surface area contributed by atoms with E-state index in [9.17, 15) is 0 Å². The van der Waals surface area contributed by atoms with E-state index in [2.05, 4.69) is 24.1 Å². The van der Waals surface area contributed by atoms with Gasteiger partial charge in [-0.05, 0) is 44.0 Å². The number of hydrogen-bond acceptors (Lipinski definition) is 3. The molecule has 1 aromatic carbocycles. The monoisotopic (exact) mass is 248 g/mol. The molecule has 1 aliphatic rings. The first-order valence-electron chi connectivity index (χ1n) is 6.78. The quantitative estimate of drug-likeness (QED) is 0.889. The molecule has 3 heteroatoms. The van der Waals surface area contributed by atoms with Gasteiger partial charge in [0.1, 0.15) is 5.75 Å². The number of rotatable bonds is 4. The molecular weight excluding hydrogens is 224 g/mol. The average molecular weight is 248 g/mol. The van der Waals surface area contributed by atoms with Crippen LogP contribution in [0.15, 0.2) is 24.3 Å². The number of hydrogen-bond donors (Lipinski definition) is 1. The minimum atomic E-state index is 0.391. The van der Waals surface area contributed by atoms with Gasteiger partial charge in [0.25, 0.3) is 0 Å². The van der Waals surface area contributed by atoms with Crippen LogP contribution in [0.5, 0.6) is 5.75 Å². The fourth-order valence-electron chi connectivity index (χ4n) is 2.75. The van der Waals surface area contributed by atoms with Crippen molar-refractivity contribution in [3.63, 3.8) is 0 Å². The summed E-state index contributed by atoms with van der Waals surface area (Å²) in [5.41, 5.74) is 7.38. The predicted molar refractivity (Wildman–Crippen MR) is 74.7 cm³/mol. The third-order valence-electron chi connectivity index (χ3n) is 3.90. The predicted octanol–water partition coefficient (Wildman–Crippen LogP) is 2.40. The van der Waals surface area contributed by atoms with Crippen LogP contribution in [0.1, 0.15) is 31.2 Å². The Morgan fingerprint density at radius 3 is 2.61 bits per heavy atom. The van der Waals surface area contributed by atoms with Gasteiger partial charge in [0, 0.05) is 18.6 Å². The molecule has 0 heterocycles. The lowest BCUT2D eigenvalue weighted by atomic mass is 9.90. The summed E-state index contributed by atoms with van der Waals surface area (Å²) in [6, 6.07) is 9.35. The first-order chi connectivity index (χ1) is 8.69. The normalized spacial score (nSPS) is 24.2. The Hall–Kier alpha value is -1.06. The van der Waals surface area contributed by atoms with E-state index in [0.29, 0.717) is 12.1 Å². The Bertz CT molecular complexity index is 363. The van der Waals surface area contributed by atoms with Crippen LogP contribution in [-0.4, -0.2) is 31.1 Å². The van der Waals surface area contributed by atoms with Gasteiger partial charge in [0.05, 0.1) is 7.11 Å². The van der Waals surface area contributed by atoms with E-state index in [-0.39, 0.29) is 0 Å². The number of nitrogens with two attached hydrogens (primary N) is 1. The van der Waals surface area contributed by atoms with Crippen molar-refractivity contribution >= 4 is 0 Å². The lowest BCUT2D eigenvalue weighted by Crippen LogP contribution is -2.40. The van der Waals surface area contributed by atoms with Gasteiger partial charge >= 0.3 is 0 Å². The Morgan fingerprint density at radius 2 is 2.00 bits per heavy atom. The van der Waals surface area contributed by atoms with Gasteiger partial charge in [-0.25, -0.2) is 0 Å². The van der Waals surface area contributed by atoms with Gasteiger partial charge in [-0.2, -0.15) is 0 Å². The van der Waals surface area contributed by atoms with Crippen molar-refractivity contribution in [2.24, 2.45) is 5.73 Å². The Balaban J connectivity index is 1.91. The first kappa shape index (κ1) is 13.4. The van der Waals surface area contributed by atoms with Gasteiger partial charge < -0.3 is 10.5 Å². The molecule has 0 aliphatic heterocycles. The highest BCUT2D eigenvalue weighted by molar-refractivity contribution is 5.27. The van der Waals surface area contributed by atoms with Gasteiger partial charge in [-0.1, -0.05) is 18.6 Å². The van der Waals surface area contributed by atoms with Gasteiger partial charge in [0.15, 0.2) is 0 Å². The zero-order chi connectivity index (χ0) is 13.0. The van der Waals surface area contributed by atoms with Crippen molar-refractivity contribution in [2.75, 3.05) is 14.2 Å². The van der Waals surface area contributed by atoms with Crippen LogP contribution in [0.4, 0.5) is 0 Å². The van der Waals surface area contributed by atoms with Crippen LogP contribution in [0.2, 0.25) is 0 Å². The molecule has 1 saturated carbocycles. The van der Waals surface area contributed by atoms with E-state index in [0.717, 1.165) is 18.7 Å². The van der Waals surface area contributed by atoms with Crippen LogP contribution in [0.25, 0.3) is 0 Å². The maximum Gasteiger partial charge on any atom is 0.118 e. The van der Waals surface area contributed by atoms with E-state index in [1.807, 2.05) is 12.1 Å². The summed E-state index contributed by atoms with van der Waals surface area (Å²) in [4.78, 5) is 2.43. The average Bonchev–Trinajstić information content (AvgIpc) is 2.39. The number of benzene rings is 1. The Morgan fingerprint density at radius 1 is 1.28 bits per heavy atom. The molecule has 2 atom stereocenters. The molecule has 0 spiro atoms. The molecule has 18 heavy (non-hydrogen) atoms. The molecule has 0 saturated heterocycles. The minimum absolute atomic E-state index is 0.391. The van der Waals surface area contributed by atoms with E-state index in [1.165, 1.54) is 24.8 Å². The SMILES string of the molecule is COc1ccc(CN(C)C2CCCC(N)C2)cc1. The lowest BCUT2D eigenvalue weighted by molar-refractivity contribution is 0.173. The minimum Gasteiger partial charge on any atom is -0.497 e. The maximum atomic E-state index is 6.05. The molecule has 100 valence electrons. The topological polar surface area (TPSA) is 38.5 Å². The fourth-order valence-corrected chi connectivity index (χ4v) is 2.75. The van der Waals surface area contributed by atoms with E-state index in [1.54, 1.807) is 7.11 Å². The second-order valence-corrected chi connectivity index (χ2v) is 5.34. The molecule has 0 bridgehead atoms. The summed E-state index contributed by atoms with van der Waals surface area (Å²) in [5, 5.41) is 0. The number of ether oxygens (including phenoxy) is 1. The van der Waals surface area contributed by atoms with E-state index < -0.39 is 0 Å². The van der Waals surface area contributed by atoms with Crippen molar-refractivity contribution in [1.82, 2.24) is 4.90 Å². The molecular formula is C15H24N2O. The van der Waals surface area contributed by atoms with Crippen LogP contribution in [0, 0.1) is 0 Å². The second-order valence-electron chi connectivity index (χ2n) is 5.34. The molecule has 1 fully saturated rings. The summed E-state index contributed by atoms with van der Waals surface area (Å²) in [6.45, 7) is 0.987. The molecule has 2 rings (SSSR count). The first-order valence-corrected chi connectivity index (χ1v) is 6.78. The zero-order valence-corrected chi connectivity index (χ0v) is 11.4. The molecule has 0 radical (unpaired) electrons. The zero-order valence-electron chi connectivity index (χ0n) is 11.4.